The Morgan fingerprint density at radius 3 is 2.48 bits per heavy atom. The Bertz CT molecular complexity index is 692. The molecule has 1 aromatic carbocycles. The van der Waals surface area contributed by atoms with Gasteiger partial charge in [-0.15, -0.1) is 0 Å². The van der Waals surface area contributed by atoms with Crippen molar-refractivity contribution in [3.63, 3.8) is 0 Å². The molecule has 2 fully saturated rings. The van der Waals surface area contributed by atoms with E-state index in [4.69, 9.17) is 16.7 Å². The number of nitrogens with zero attached hydrogens (tertiary/aromatic N) is 2. The lowest BCUT2D eigenvalue weighted by Gasteiger charge is -2.43. The summed E-state index contributed by atoms with van der Waals surface area (Å²) in [5.41, 5.74) is 0.507. The summed E-state index contributed by atoms with van der Waals surface area (Å²) in [6.07, 6.45) is 0. The first-order chi connectivity index (χ1) is 10.9. The fourth-order valence-corrected chi connectivity index (χ4v) is 5.58. The van der Waals surface area contributed by atoms with Crippen molar-refractivity contribution in [2.45, 2.75) is 12.1 Å². The number of fused-ring (bicyclic) bond motifs is 1. The Labute approximate surface area is 140 Å². The molecule has 0 aromatic heterocycles. The molecule has 8 heteroatoms. The molecular formula is C15H19ClN2O4S. The Balaban J connectivity index is 1.86. The zero-order chi connectivity index (χ0) is 16.6. The van der Waals surface area contributed by atoms with Crippen LogP contribution in [0.5, 0.6) is 0 Å². The van der Waals surface area contributed by atoms with E-state index in [1.807, 2.05) is 4.90 Å². The molecule has 23 heavy (non-hydrogen) atoms. The SMILES string of the molecule is O=C(c1ccc(Cl)cc1)N1CCN(CCO)[C@H]2CS(=O)(=O)C[C@H]21. The van der Waals surface area contributed by atoms with Gasteiger partial charge in [0.15, 0.2) is 9.84 Å². The third-order valence-corrected chi connectivity index (χ3v) is 6.48. The van der Waals surface area contributed by atoms with Crippen LogP contribution in [0.3, 0.4) is 0 Å². The topological polar surface area (TPSA) is 77.9 Å². The van der Waals surface area contributed by atoms with Crippen molar-refractivity contribution in [2.24, 2.45) is 0 Å². The van der Waals surface area contributed by atoms with Gasteiger partial charge in [-0.05, 0) is 24.3 Å². The number of hydrogen-bond donors (Lipinski definition) is 1. The molecule has 0 aliphatic carbocycles. The van der Waals surface area contributed by atoms with Gasteiger partial charge >= 0.3 is 0 Å². The standard InChI is InChI=1S/C15H19ClN2O4S/c16-12-3-1-11(2-4-12)15(20)18-6-5-17(7-8-19)13-9-23(21,22)10-14(13)18/h1-4,13-14,19H,5-10H2/t13-,14+/m0/s1. The molecule has 2 atom stereocenters. The fourth-order valence-electron chi connectivity index (χ4n) is 3.44. The maximum absolute atomic E-state index is 12.7. The largest absolute Gasteiger partial charge is 0.395 e. The van der Waals surface area contributed by atoms with E-state index in [-0.39, 0.29) is 36.1 Å². The minimum Gasteiger partial charge on any atom is -0.395 e. The molecule has 0 bridgehead atoms. The zero-order valence-electron chi connectivity index (χ0n) is 12.6. The molecule has 0 saturated carbocycles. The minimum absolute atomic E-state index is 0.0150. The lowest BCUT2D eigenvalue weighted by atomic mass is 10.0. The average molecular weight is 359 g/mol. The van der Waals surface area contributed by atoms with Crippen molar-refractivity contribution in [2.75, 3.05) is 37.7 Å². The van der Waals surface area contributed by atoms with Crippen molar-refractivity contribution in [1.29, 1.82) is 0 Å². The van der Waals surface area contributed by atoms with Gasteiger partial charge in [0.05, 0.1) is 24.2 Å². The first-order valence-electron chi connectivity index (χ1n) is 7.53. The fraction of sp³-hybridized carbons (Fsp3) is 0.533. The van der Waals surface area contributed by atoms with Gasteiger partial charge in [-0.2, -0.15) is 0 Å². The summed E-state index contributed by atoms with van der Waals surface area (Å²) < 4.78 is 24.1. The predicted molar refractivity (Wildman–Crippen MR) is 87.4 cm³/mol. The number of benzene rings is 1. The summed E-state index contributed by atoms with van der Waals surface area (Å²) in [6.45, 7) is 1.43. The van der Waals surface area contributed by atoms with Crippen LogP contribution < -0.4 is 0 Å². The molecule has 2 heterocycles. The molecular weight excluding hydrogens is 340 g/mol. The Kier molecular flexibility index (Phi) is 4.64. The Hall–Kier alpha value is -1.15. The second kappa shape index (κ2) is 6.39. The van der Waals surface area contributed by atoms with Gasteiger partial charge in [-0.1, -0.05) is 11.6 Å². The lowest BCUT2D eigenvalue weighted by molar-refractivity contribution is 0.0281. The van der Waals surface area contributed by atoms with Crippen LogP contribution >= 0.6 is 11.6 Å². The predicted octanol–water partition coefficient (Wildman–Crippen LogP) is 0.256. The van der Waals surface area contributed by atoms with E-state index in [0.29, 0.717) is 30.2 Å². The number of β-amino-alcohol motifs (C(OH)–C–C–N with tert-alkyl or cyclic N) is 1. The quantitative estimate of drug-likeness (QED) is 0.838. The number of carbonyl (C=O) groups excluding carboxylic acids is 1. The third-order valence-electron chi connectivity index (χ3n) is 4.53. The highest BCUT2D eigenvalue weighted by atomic mass is 35.5. The molecule has 2 aliphatic heterocycles. The van der Waals surface area contributed by atoms with E-state index in [9.17, 15) is 13.2 Å². The van der Waals surface area contributed by atoms with E-state index in [0.717, 1.165) is 0 Å². The molecule has 0 unspecified atom stereocenters. The minimum atomic E-state index is -3.17. The second-order valence-corrected chi connectivity index (χ2v) is 8.57. The molecule has 3 rings (SSSR count). The molecule has 2 aliphatic rings. The number of piperazine rings is 1. The van der Waals surface area contributed by atoms with Gasteiger partial charge in [-0.25, -0.2) is 8.42 Å². The Morgan fingerprint density at radius 2 is 1.83 bits per heavy atom. The summed E-state index contributed by atoms with van der Waals surface area (Å²) in [7, 11) is -3.17. The van der Waals surface area contributed by atoms with E-state index in [1.54, 1.807) is 29.2 Å². The summed E-state index contributed by atoms with van der Waals surface area (Å²) in [4.78, 5) is 16.4. The van der Waals surface area contributed by atoms with Gasteiger partial charge < -0.3 is 10.0 Å². The van der Waals surface area contributed by atoms with Gasteiger partial charge in [0, 0.05) is 36.3 Å². The number of halogens is 1. The van der Waals surface area contributed by atoms with Crippen LogP contribution in [0.4, 0.5) is 0 Å². The van der Waals surface area contributed by atoms with E-state index >= 15 is 0 Å². The number of sulfone groups is 1. The van der Waals surface area contributed by atoms with Crippen LogP contribution in [0.15, 0.2) is 24.3 Å². The van der Waals surface area contributed by atoms with Crippen LogP contribution in [0, 0.1) is 0 Å². The van der Waals surface area contributed by atoms with E-state index in [2.05, 4.69) is 0 Å². The smallest absolute Gasteiger partial charge is 0.254 e. The van der Waals surface area contributed by atoms with Gasteiger partial charge in [0.2, 0.25) is 0 Å². The molecule has 126 valence electrons. The van der Waals surface area contributed by atoms with Gasteiger partial charge in [0.1, 0.15) is 0 Å². The van der Waals surface area contributed by atoms with Crippen molar-refractivity contribution in [1.82, 2.24) is 9.80 Å². The number of aliphatic hydroxyl groups is 1. The monoisotopic (exact) mass is 358 g/mol. The maximum atomic E-state index is 12.7. The lowest BCUT2D eigenvalue weighted by Crippen LogP contribution is -2.61. The summed E-state index contributed by atoms with van der Waals surface area (Å²) in [5.74, 6) is -0.140. The van der Waals surface area contributed by atoms with Crippen molar-refractivity contribution >= 4 is 27.3 Å². The van der Waals surface area contributed by atoms with Crippen molar-refractivity contribution in [3.8, 4) is 0 Å². The normalized spacial score (nSPS) is 27.0. The molecule has 1 N–H and O–H groups in total. The first-order valence-corrected chi connectivity index (χ1v) is 9.73. The molecule has 1 aromatic rings. The molecule has 2 saturated heterocycles. The summed E-state index contributed by atoms with van der Waals surface area (Å²) in [5, 5.41) is 9.72. The third kappa shape index (κ3) is 3.38. The number of rotatable bonds is 3. The number of carbonyl (C=O) groups is 1. The first kappa shape index (κ1) is 16.7. The van der Waals surface area contributed by atoms with Crippen LogP contribution in [0.25, 0.3) is 0 Å². The van der Waals surface area contributed by atoms with Crippen LogP contribution in [-0.2, 0) is 9.84 Å². The molecule has 0 spiro atoms. The van der Waals surface area contributed by atoms with Gasteiger partial charge in [-0.3, -0.25) is 9.69 Å². The van der Waals surface area contributed by atoms with E-state index in [1.165, 1.54) is 0 Å². The van der Waals surface area contributed by atoms with E-state index < -0.39 is 9.84 Å². The Morgan fingerprint density at radius 1 is 1.17 bits per heavy atom. The molecule has 6 nitrogen and oxygen atoms in total. The average Bonchev–Trinajstić information content (AvgIpc) is 2.83. The zero-order valence-corrected chi connectivity index (χ0v) is 14.1. The number of hydrogen-bond acceptors (Lipinski definition) is 5. The second-order valence-electron chi connectivity index (χ2n) is 5.98. The van der Waals surface area contributed by atoms with Crippen LogP contribution in [0.1, 0.15) is 10.4 Å². The van der Waals surface area contributed by atoms with Crippen molar-refractivity contribution in [3.05, 3.63) is 34.9 Å². The number of amides is 1. The van der Waals surface area contributed by atoms with Gasteiger partial charge in [0.25, 0.3) is 5.91 Å². The van der Waals surface area contributed by atoms with Crippen molar-refractivity contribution < 1.29 is 18.3 Å². The number of aliphatic hydroxyl groups excluding tert-OH is 1. The highest BCUT2D eigenvalue weighted by Crippen LogP contribution is 2.28. The maximum Gasteiger partial charge on any atom is 0.254 e. The summed E-state index contributed by atoms with van der Waals surface area (Å²) in [6, 6.07) is 6.02. The highest BCUT2D eigenvalue weighted by Gasteiger charge is 2.47. The van der Waals surface area contributed by atoms with Crippen LogP contribution in [0.2, 0.25) is 5.02 Å². The van der Waals surface area contributed by atoms with Crippen LogP contribution in [-0.4, -0.2) is 79.1 Å². The molecule has 1 amide bonds. The molecule has 0 radical (unpaired) electrons. The highest BCUT2D eigenvalue weighted by molar-refractivity contribution is 7.91. The summed E-state index contributed by atoms with van der Waals surface area (Å²) >= 11 is 5.85.